The van der Waals surface area contributed by atoms with E-state index in [0.717, 1.165) is 18.5 Å². The molecule has 19 heavy (non-hydrogen) atoms. The van der Waals surface area contributed by atoms with Crippen molar-refractivity contribution >= 4 is 16.8 Å². The SMILES string of the molecule is ClC(=NOCCCN1CCCCC1)c1cccnc1. The number of pyridine rings is 1. The number of aromatic nitrogens is 1. The molecule has 0 amide bonds. The lowest BCUT2D eigenvalue weighted by Crippen LogP contribution is -2.31. The largest absolute Gasteiger partial charge is 0.395 e. The Balaban J connectivity index is 1.63. The molecule has 1 fully saturated rings. The number of likely N-dealkylation sites (tertiary alicyclic amines) is 1. The summed E-state index contributed by atoms with van der Waals surface area (Å²) in [5, 5.41) is 4.25. The van der Waals surface area contributed by atoms with Crippen molar-refractivity contribution in [1.29, 1.82) is 0 Å². The first-order valence-corrected chi connectivity index (χ1v) is 7.22. The van der Waals surface area contributed by atoms with E-state index in [2.05, 4.69) is 15.0 Å². The predicted molar refractivity (Wildman–Crippen MR) is 77.5 cm³/mol. The molecule has 0 aromatic carbocycles. The van der Waals surface area contributed by atoms with Crippen LogP contribution in [0.4, 0.5) is 0 Å². The van der Waals surface area contributed by atoms with E-state index >= 15 is 0 Å². The van der Waals surface area contributed by atoms with Gasteiger partial charge in [0.2, 0.25) is 0 Å². The smallest absolute Gasteiger partial charge is 0.177 e. The standard InChI is InChI=1S/C14H20ClN3O/c15-14(13-6-4-7-16-12-13)17-19-11-5-10-18-8-2-1-3-9-18/h4,6-7,12H,1-3,5,8-11H2. The Morgan fingerprint density at radius 1 is 1.37 bits per heavy atom. The van der Waals surface area contributed by atoms with Gasteiger partial charge in [-0.2, -0.15) is 0 Å². The zero-order chi connectivity index (χ0) is 13.3. The Morgan fingerprint density at radius 3 is 2.95 bits per heavy atom. The molecule has 0 bridgehead atoms. The van der Waals surface area contributed by atoms with Crippen LogP contribution in [0.15, 0.2) is 29.7 Å². The lowest BCUT2D eigenvalue weighted by Gasteiger charge is -2.25. The van der Waals surface area contributed by atoms with Crippen molar-refractivity contribution in [3.05, 3.63) is 30.1 Å². The number of hydrogen-bond acceptors (Lipinski definition) is 4. The van der Waals surface area contributed by atoms with Crippen LogP contribution in [-0.4, -0.2) is 41.3 Å². The van der Waals surface area contributed by atoms with E-state index in [0.29, 0.717) is 11.8 Å². The maximum absolute atomic E-state index is 6.01. The minimum atomic E-state index is 0.353. The van der Waals surface area contributed by atoms with E-state index in [1.165, 1.54) is 32.4 Å². The van der Waals surface area contributed by atoms with Crippen LogP contribution in [0.2, 0.25) is 0 Å². The van der Waals surface area contributed by atoms with Crippen molar-refractivity contribution in [2.45, 2.75) is 25.7 Å². The number of halogens is 1. The maximum atomic E-state index is 6.01. The maximum Gasteiger partial charge on any atom is 0.177 e. The van der Waals surface area contributed by atoms with Crippen molar-refractivity contribution in [1.82, 2.24) is 9.88 Å². The highest BCUT2D eigenvalue weighted by Gasteiger charge is 2.08. The highest BCUT2D eigenvalue weighted by molar-refractivity contribution is 6.69. The average molecular weight is 282 g/mol. The summed E-state index contributed by atoms with van der Waals surface area (Å²) in [6.07, 6.45) is 8.38. The third kappa shape index (κ3) is 5.17. The molecule has 1 aliphatic heterocycles. The Morgan fingerprint density at radius 2 is 2.21 bits per heavy atom. The summed E-state index contributed by atoms with van der Waals surface area (Å²) in [5.74, 6) is 0. The van der Waals surface area contributed by atoms with Crippen LogP contribution in [-0.2, 0) is 4.84 Å². The average Bonchev–Trinajstić information content (AvgIpc) is 2.49. The van der Waals surface area contributed by atoms with E-state index in [-0.39, 0.29) is 0 Å². The molecule has 2 rings (SSSR count). The van der Waals surface area contributed by atoms with Gasteiger partial charge in [-0.15, -0.1) is 0 Å². The minimum Gasteiger partial charge on any atom is -0.395 e. The molecule has 0 spiro atoms. The molecule has 1 saturated heterocycles. The van der Waals surface area contributed by atoms with E-state index in [4.69, 9.17) is 16.4 Å². The summed E-state index contributed by atoms with van der Waals surface area (Å²) in [4.78, 5) is 11.7. The first-order chi connectivity index (χ1) is 9.36. The van der Waals surface area contributed by atoms with Crippen molar-refractivity contribution < 1.29 is 4.84 Å². The van der Waals surface area contributed by atoms with Crippen LogP contribution in [0.5, 0.6) is 0 Å². The molecule has 0 aliphatic carbocycles. The van der Waals surface area contributed by atoms with Gasteiger partial charge in [0.1, 0.15) is 6.61 Å². The third-order valence-corrected chi connectivity index (χ3v) is 3.49. The fourth-order valence-corrected chi connectivity index (χ4v) is 2.34. The zero-order valence-corrected chi connectivity index (χ0v) is 11.9. The van der Waals surface area contributed by atoms with Crippen molar-refractivity contribution in [2.75, 3.05) is 26.2 Å². The van der Waals surface area contributed by atoms with E-state index < -0.39 is 0 Å². The first kappa shape index (κ1) is 14.3. The Labute approximate surface area is 119 Å². The molecule has 104 valence electrons. The monoisotopic (exact) mass is 281 g/mol. The number of nitrogens with zero attached hydrogens (tertiary/aromatic N) is 3. The molecule has 0 N–H and O–H groups in total. The lowest BCUT2D eigenvalue weighted by atomic mass is 10.1. The molecule has 1 aromatic heterocycles. The zero-order valence-electron chi connectivity index (χ0n) is 11.1. The van der Waals surface area contributed by atoms with Crippen LogP contribution < -0.4 is 0 Å². The molecular weight excluding hydrogens is 262 g/mol. The number of rotatable bonds is 6. The highest BCUT2D eigenvalue weighted by Crippen LogP contribution is 2.09. The molecule has 0 radical (unpaired) electrons. The van der Waals surface area contributed by atoms with Crippen LogP contribution in [0.1, 0.15) is 31.2 Å². The number of hydrogen-bond donors (Lipinski definition) is 0. The van der Waals surface area contributed by atoms with E-state index in [1.54, 1.807) is 12.4 Å². The van der Waals surface area contributed by atoms with Crippen molar-refractivity contribution in [2.24, 2.45) is 5.16 Å². The minimum absolute atomic E-state index is 0.353. The summed E-state index contributed by atoms with van der Waals surface area (Å²) in [6.45, 7) is 4.13. The van der Waals surface area contributed by atoms with Gasteiger partial charge in [-0.05, 0) is 44.5 Å². The topological polar surface area (TPSA) is 37.7 Å². The van der Waals surface area contributed by atoms with Gasteiger partial charge in [0.15, 0.2) is 5.17 Å². The summed E-state index contributed by atoms with van der Waals surface area (Å²) in [5.41, 5.74) is 0.778. The highest BCUT2D eigenvalue weighted by atomic mass is 35.5. The Hall–Kier alpha value is -1.13. The fourth-order valence-electron chi connectivity index (χ4n) is 2.18. The van der Waals surface area contributed by atoms with Gasteiger partial charge in [-0.3, -0.25) is 4.98 Å². The summed E-state index contributed by atoms with van der Waals surface area (Å²) < 4.78 is 0. The summed E-state index contributed by atoms with van der Waals surface area (Å²) in [6, 6.07) is 3.68. The molecule has 5 heteroatoms. The Kier molecular flexibility index (Phi) is 6.11. The first-order valence-electron chi connectivity index (χ1n) is 6.84. The molecule has 1 aliphatic rings. The molecule has 0 unspecified atom stereocenters. The number of oxime groups is 1. The van der Waals surface area contributed by atoms with Gasteiger partial charge in [0.05, 0.1) is 0 Å². The van der Waals surface area contributed by atoms with Gasteiger partial charge >= 0.3 is 0 Å². The predicted octanol–water partition coefficient (Wildman–Crippen LogP) is 2.87. The van der Waals surface area contributed by atoms with E-state index in [1.807, 2.05) is 12.1 Å². The summed E-state index contributed by atoms with van der Waals surface area (Å²) in [7, 11) is 0. The third-order valence-electron chi connectivity index (χ3n) is 3.20. The van der Waals surface area contributed by atoms with Gasteiger partial charge in [-0.25, -0.2) is 0 Å². The van der Waals surface area contributed by atoms with Gasteiger partial charge in [0, 0.05) is 24.5 Å². The molecule has 1 aromatic rings. The van der Waals surface area contributed by atoms with Crippen LogP contribution in [0.3, 0.4) is 0 Å². The van der Waals surface area contributed by atoms with Crippen LogP contribution >= 0.6 is 11.6 Å². The number of piperidine rings is 1. The fraction of sp³-hybridized carbons (Fsp3) is 0.571. The Bertz CT molecular complexity index is 391. The second-order valence-corrected chi connectivity index (χ2v) is 5.07. The van der Waals surface area contributed by atoms with Gasteiger partial charge < -0.3 is 9.74 Å². The van der Waals surface area contributed by atoms with Crippen molar-refractivity contribution in [3.8, 4) is 0 Å². The van der Waals surface area contributed by atoms with Crippen LogP contribution in [0, 0.1) is 0 Å². The normalized spacial score (nSPS) is 17.4. The van der Waals surface area contributed by atoms with Crippen molar-refractivity contribution in [3.63, 3.8) is 0 Å². The van der Waals surface area contributed by atoms with E-state index in [9.17, 15) is 0 Å². The quantitative estimate of drug-likeness (QED) is 0.457. The molecular formula is C14H20ClN3O. The van der Waals surface area contributed by atoms with Gasteiger partial charge in [-0.1, -0.05) is 23.2 Å². The lowest BCUT2D eigenvalue weighted by molar-refractivity contribution is 0.125. The second kappa shape index (κ2) is 8.12. The summed E-state index contributed by atoms with van der Waals surface area (Å²) >= 11 is 6.01. The molecule has 2 heterocycles. The molecule has 0 saturated carbocycles. The second-order valence-electron chi connectivity index (χ2n) is 4.71. The molecule has 4 nitrogen and oxygen atoms in total. The molecule has 0 atom stereocenters. The van der Waals surface area contributed by atoms with Gasteiger partial charge in [0.25, 0.3) is 0 Å². The van der Waals surface area contributed by atoms with Crippen LogP contribution in [0.25, 0.3) is 0 Å².